The molecule has 1 aromatic heterocycles. The fraction of sp³-hybridized carbons (Fsp3) is 0.421. The van der Waals surface area contributed by atoms with Crippen molar-refractivity contribution >= 4 is 29.1 Å². The van der Waals surface area contributed by atoms with Crippen molar-refractivity contribution in [1.82, 2.24) is 14.9 Å². The first-order valence-electron chi connectivity index (χ1n) is 8.96. The number of carbonyl (C=O) groups excluding carboxylic acids is 2. The summed E-state index contributed by atoms with van der Waals surface area (Å²) < 4.78 is 6.81. The van der Waals surface area contributed by atoms with Crippen molar-refractivity contribution < 1.29 is 14.3 Å². The summed E-state index contributed by atoms with van der Waals surface area (Å²) in [6, 6.07) is 5.34. The third-order valence-corrected chi connectivity index (χ3v) is 5.05. The molecule has 7 nitrogen and oxygen atoms in total. The summed E-state index contributed by atoms with van der Waals surface area (Å²) in [6.07, 6.45) is 2.65. The van der Waals surface area contributed by atoms with Crippen molar-refractivity contribution in [2.45, 2.75) is 32.7 Å². The molecule has 2 N–H and O–H groups in total. The number of methoxy groups -OCH3 is 1. The number of hydrogen-bond donors (Lipinski definition) is 2. The Kier molecular flexibility index (Phi) is 6.13. The minimum absolute atomic E-state index is 0.251. The first kappa shape index (κ1) is 19.4. The lowest BCUT2D eigenvalue weighted by Crippen LogP contribution is -2.28. The van der Waals surface area contributed by atoms with Crippen LogP contribution >= 0.6 is 11.6 Å². The van der Waals surface area contributed by atoms with Gasteiger partial charge >= 0.3 is 0 Å². The Bertz CT molecular complexity index is 863. The molecule has 0 bridgehead atoms. The lowest BCUT2D eigenvalue weighted by atomic mass is 10.1. The number of amides is 2. The molecule has 2 aromatic rings. The van der Waals surface area contributed by atoms with Gasteiger partial charge in [0.05, 0.1) is 12.3 Å². The van der Waals surface area contributed by atoms with Crippen LogP contribution in [0.3, 0.4) is 0 Å². The number of rotatable bonds is 6. The predicted molar refractivity (Wildman–Crippen MR) is 104 cm³/mol. The summed E-state index contributed by atoms with van der Waals surface area (Å²) in [7, 11) is 1.57. The maximum Gasteiger partial charge on any atom is 0.291 e. The van der Waals surface area contributed by atoms with Crippen LogP contribution < -0.4 is 10.6 Å². The highest BCUT2D eigenvalue weighted by Gasteiger charge is 2.27. The van der Waals surface area contributed by atoms with Crippen molar-refractivity contribution in [3.05, 3.63) is 46.0 Å². The van der Waals surface area contributed by atoms with Gasteiger partial charge in [-0.25, -0.2) is 4.98 Å². The van der Waals surface area contributed by atoms with Gasteiger partial charge in [-0.15, -0.1) is 0 Å². The van der Waals surface area contributed by atoms with Crippen molar-refractivity contribution in [2.24, 2.45) is 0 Å². The third-order valence-electron chi connectivity index (χ3n) is 4.64. The highest BCUT2D eigenvalue weighted by molar-refractivity contribution is 6.31. The molecule has 1 aromatic carbocycles. The Morgan fingerprint density at radius 3 is 2.89 bits per heavy atom. The smallest absolute Gasteiger partial charge is 0.291 e. The maximum absolute atomic E-state index is 12.9. The van der Waals surface area contributed by atoms with Gasteiger partial charge in [0.15, 0.2) is 5.82 Å². The second-order valence-electron chi connectivity index (χ2n) is 6.45. The highest BCUT2D eigenvalue weighted by Crippen LogP contribution is 2.25. The summed E-state index contributed by atoms with van der Waals surface area (Å²) in [6.45, 7) is 3.33. The summed E-state index contributed by atoms with van der Waals surface area (Å²) in [5.74, 6) is -0.379. The van der Waals surface area contributed by atoms with Crippen molar-refractivity contribution in [3.63, 3.8) is 0 Å². The Morgan fingerprint density at radius 2 is 2.11 bits per heavy atom. The number of nitrogens with one attached hydrogen (secondary N) is 2. The van der Waals surface area contributed by atoms with E-state index in [0.717, 1.165) is 30.5 Å². The predicted octanol–water partition coefficient (Wildman–Crippen LogP) is 2.81. The first-order valence-corrected chi connectivity index (χ1v) is 9.33. The number of imidazole rings is 1. The molecule has 144 valence electrons. The van der Waals surface area contributed by atoms with E-state index >= 15 is 0 Å². The molecule has 2 amide bonds. The Balaban J connectivity index is 1.87. The van der Waals surface area contributed by atoms with Gasteiger partial charge in [0.2, 0.25) is 0 Å². The van der Waals surface area contributed by atoms with Gasteiger partial charge in [-0.3, -0.25) is 9.59 Å². The Morgan fingerprint density at radius 1 is 1.30 bits per heavy atom. The number of ether oxygens (including phenoxy) is 1. The normalized spacial score (nSPS) is 13.1. The molecule has 2 heterocycles. The van der Waals surface area contributed by atoms with Crippen molar-refractivity contribution in [3.8, 4) is 0 Å². The molecule has 8 heteroatoms. The number of fused-ring (bicyclic) bond motifs is 1. The fourth-order valence-corrected chi connectivity index (χ4v) is 3.34. The molecule has 0 saturated heterocycles. The Labute approximate surface area is 163 Å². The van der Waals surface area contributed by atoms with Crippen LogP contribution in [-0.4, -0.2) is 41.6 Å². The molecule has 1 aliphatic heterocycles. The molecule has 1 aliphatic rings. The molecule has 27 heavy (non-hydrogen) atoms. The largest absolute Gasteiger partial charge is 0.383 e. The summed E-state index contributed by atoms with van der Waals surface area (Å²) in [4.78, 5) is 29.7. The molecule has 0 aliphatic carbocycles. The van der Waals surface area contributed by atoms with E-state index in [1.54, 1.807) is 25.3 Å². The van der Waals surface area contributed by atoms with Crippen LogP contribution in [0.2, 0.25) is 5.02 Å². The van der Waals surface area contributed by atoms with Gasteiger partial charge in [-0.1, -0.05) is 17.7 Å². The number of anilines is 1. The van der Waals surface area contributed by atoms with Crippen LogP contribution in [0.5, 0.6) is 0 Å². The number of halogens is 1. The van der Waals surface area contributed by atoms with Crippen LogP contribution in [0.1, 0.15) is 45.2 Å². The van der Waals surface area contributed by atoms with Crippen LogP contribution in [-0.2, 0) is 17.7 Å². The molecular formula is C19H23ClN4O3. The van der Waals surface area contributed by atoms with E-state index in [1.165, 1.54) is 0 Å². The van der Waals surface area contributed by atoms with Gasteiger partial charge in [-0.05, 0) is 43.9 Å². The van der Waals surface area contributed by atoms with E-state index in [9.17, 15) is 9.59 Å². The zero-order valence-corrected chi connectivity index (χ0v) is 16.2. The number of nitrogens with zero attached hydrogens (tertiary/aromatic N) is 2. The van der Waals surface area contributed by atoms with E-state index in [2.05, 4.69) is 15.6 Å². The van der Waals surface area contributed by atoms with E-state index in [0.29, 0.717) is 36.1 Å². The number of carbonyl (C=O) groups is 2. The molecule has 0 spiro atoms. The SMILES string of the molecule is COCCNC(=O)c1nc(C(=O)Nc2cccc(Cl)c2C)n2c1CCCC2. The number of benzene rings is 1. The second-order valence-corrected chi connectivity index (χ2v) is 6.86. The van der Waals surface area contributed by atoms with Crippen LogP contribution in [0.25, 0.3) is 0 Å². The summed E-state index contributed by atoms with van der Waals surface area (Å²) in [5.41, 5.74) is 2.55. The minimum atomic E-state index is -0.348. The summed E-state index contributed by atoms with van der Waals surface area (Å²) in [5, 5.41) is 6.22. The quantitative estimate of drug-likeness (QED) is 0.743. The summed E-state index contributed by atoms with van der Waals surface area (Å²) >= 11 is 6.13. The molecule has 0 fully saturated rings. The lowest BCUT2D eigenvalue weighted by molar-refractivity contribution is 0.0931. The van der Waals surface area contributed by atoms with E-state index in [-0.39, 0.29) is 17.6 Å². The van der Waals surface area contributed by atoms with Crippen LogP contribution in [0.4, 0.5) is 5.69 Å². The van der Waals surface area contributed by atoms with Crippen molar-refractivity contribution in [2.75, 3.05) is 25.6 Å². The second kappa shape index (κ2) is 8.54. The Hall–Kier alpha value is -2.38. The highest BCUT2D eigenvalue weighted by atomic mass is 35.5. The van der Waals surface area contributed by atoms with Gasteiger partial charge in [0.25, 0.3) is 11.8 Å². The lowest BCUT2D eigenvalue weighted by Gasteiger charge is -2.17. The maximum atomic E-state index is 12.9. The number of aromatic nitrogens is 2. The van der Waals surface area contributed by atoms with E-state index < -0.39 is 0 Å². The average Bonchev–Trinajstić information content (AvgIpc) is 3.05. The fourth-order valence-electron chi connectivity index (χ4n) is 3.17. The molecule has 0 radical (unpaired) electrons. The minimum Gasteiger partial charge on any atom is -0.383 e. The first-order chi connectivity index (χ1) is 13.0. The van der Waals surface area contributed by atoms with E-state index in [4.69, 9.17) is 16.3 Å². The van der Waals surface area contributed by atoms with Gasteiger partial charge in [-0.2, -0.15) is 0 Å². The zero-order chi connectivity index (χ0) is 19.4. The van der Waals surface area contributed by atoms with Gasteiger partial charge < -0.3 is 19.9 Å². The standard InChI is InChI=1S/C19H23ClN4O3/c1-12-13(20)6-5-7-14(12)22-19(26)17-23-16(18(25)21-9-11-27-2)15-8-3-4-10-24(15)17/h5-7H,3-4,8-11H2,1-2H3,(H,21,25)(H,22,26). The van der Waals surface area contributed by atoms with Crippen molar-refractivity contribution in [1.29, 1.82) is 0 Å². The average molecular weight is 391 g/mol. The molecule has 0 unspecified atom stereocenters. The van der Waals surface area contributed by atoms with Gasteiger partial charge in [0, 0.05) is 30.9 Å². The monoisotopic (exact) mass is 390 g/mol. The molecular weight excluding hydrogens is 368 g/mol. The molecule has 0 atom stereocenters. The zero-order valence-electron chi connectivity index (χ0n) is 15.5. The molecule has 0 saturated carbocycles. The molecule has 3 rings (SSSR count). The van der Waals surface area contributed by atoms with Gasteiger partial charge in [0.1, 0.15) is 5.69 Å². The van der Waals surface area contributed by atoms with E-state index in [1.807, 2.05) is 11.5 Å². The van der Waals surface area contributed by atoms with Crippen LogP contribution in [0, 0.1) is 6.92 Å². The topological polar surface area (TPSA) is 85.2 Å². The third kappa shape index (κ3) is 4.14. The number of hydrogen-bond acceptors (Lipinski definition) is 4. The van der Waals surface area contributed by atoms with Crippen LogP contribution in [0.15, 0.2) is 18.2 Å².